The molecular weight excluding hydrogens is 460 g/mol. The molecule has 2 aliphatic heterocycles. The molecule has 0 amide bonds. The van der Waals surface area contributed by atoms with E-state index in [-0.39, 0.29) is 12.8 Å². The molecule has 3 aliphatic carbocycles. The van der Waals surface area contributed by atoms with E-state index in [9.17, 15) is 24.3 Å². The molecule has 1 N–H and O–H groups in total. The van der Waals surface area contributed by atoms with Crippen LogP contribution in [0.2, 0.25) is 0 Å². The Hall–Kier alpha value is -2.20. The van der Waals surface area contributed by atoms with Crippen molar-refractivity contribution in [1.29, 1.82) is 0 Å². The van der Waals surface area contributed by atoms with Gasteiger partial charge < -0.3 is 28.8 Å². The van der Waals surface area contributed by atoms with Gasteiger partial charge in [-0.1, -0.05) is 20.8 Å². The Morgan fingerprint density at radius 2 is 1.71 bits per heavy atom. The smallest absolute Gasteiger partial charge is 0.318 e. The molecule has 1 spiro atoms. The second kappa shape index (κ2) is 7.41. The van der Waals surface area contributed by atoms with Crippen molar-refractivity contribution in [2.75, 3.05) is 7.11 Å². The topological polar surface area (TPSA) is 138 Å². The van der Waals surface area contributed by atoms with Crippen molar-refractivity contribution in [3.8, 4) is 0 Å². The Morgan fingerprint density at radius 3 is 2.26 bits per heavy atom. The number of carbonyl (C=O) groups excluding carboxylic acids is 4. The molecular formula is C25H34O10. The lowest BCUT2D eigenvalue weighted by molar-refractivity contribution is -0.293. The van der Waals surface area contributed by atoms with E-state index in [0.717, 1.165) is 0 Å². The summed E-state index contributed by atoms with van der Waals surface area (Å²) in [5, 5.41) is 12.5. The first-order valence-electron chi connectivity index (χ1n) is 12.3. The minimum atomic E-state index is -1.43. The van der Waals surface area contributed by atoms with E-state index in [1.165, 1.54) is 21.0 Å². The normalized spacial score (nSPS) is 48.8. The molecule has 10 heteroatoms. The van der Waals surface area contributed by atoms with Gasteiger partial charge in [0.15, 0.2) is 0 Å². The Kier molecular flexibility index (Phi) is 5.19. The first-order chi connectivity index (χ1) is 16.2. The van der Waals surface area contributed by atoms with Crippen molar-refractivity contribution in [3.63, 3.8) is 0 Å². The third kappa shape index (κ3) is 2.95. The summed E-state index contributed by atoms with van der Waals surface area (Å²) in [5.41, 5.74) is -4.45. The van der Waals surface area contributed by atoms with E-state index < -0.39 is 88.1 Å². The Labute approximate surface area is 203 Å². The quantitative estimate of drug-likeness (QED) is 0.349. The number of hydrogen-bond donors (Lipinski definition) is 1. The third-order valence-electron chi connectivity index (χ3n) is 10.0. The molecule has 3 saturated carbocycles. The van der Waals surface area contributed by atoms with Gasteiger partial charge in [0, 0.05) is 31.6 Å². The Morgan fingerprint density at radius 1 is 1.06 bits per heavy atom. The molecule has 0 aromatic rings. The van der Waals surface area contributed by atoms with Crippen LogP contribution in [-0.4, -0.2) is 66.3 Å². The second-order valence-corrected chi connectivity index (χ2v) is 11.8. The zero-order valence-corrected chi connectivity index (χ0v) is 21.0. The average molecular weight is 495 g/mol. The maximum absolute atomic E-state index is 13.3. The summed E-state index contributed by atoms with van der Waals surface area (Å²) in [6.07, 6.45) is -1.60. The molecule has 0 unspecified atom stereocenters. The van der Waals surface area contributed by atoms with Gasteiger partial charge in [0.05, 0.1) is 18.6 Å². The number of rotatable bonds is 3. The molecule has 10 atom stereocenters. The van der Waals surface area contributed by atoms with Crippen LogP contribution in [0.1, 0.15) is 60.3 Å². The van der Waals surface area contributed by atoms with Crippen LogP contribution in [0.5, 0.6) is 0 Å². The van der Waals surface area contributed by atoms with Gasteiger partial charge in [-0.05, 0) is 30.6 Å². The number of ether oxygens (including phenoxy) is 5. The van der Waals surface area contributed by atoms with Crippen molar-refractivity contribution in [1.82, 2.24) is 0 Å². The molecule has 5 fully saturated rings. The van der Waals surface area contributed by atoms with Gasteiger partial charge in [-0.25, -0.2) is 0 Å². The number of aliphatic hydroxyl groups is 1. The maximum atomic E-state index is 13.3. The Bertz CT molecular complexity index is 991. The van der Waals surface area contributed by atoms with E-state index in [1.807, 2.05) is 20.8 Å². The number of fused-ring (bicyclic) bond motifs is 5. The van der Waals surface area contributed by atoms with Crippen LogP contribution < -0.4 is 0 Å². The van der Waals surface area contributed by atoms with Gasteiger partial charge in [0.25, 0.3) is 0 Å². The second-order valence-electron chi connectivity index (χ2n) is 11.8. The molecule has 2 saturated heterocycles. The van der Waals surface area contributed by atoms with Crippen molar-refractivity contribution in [2.24, 2.45) is 34.0 Å². The summed E-state index contributed by atoms with van der Waals surface area (Å²) >= 11 is 0. The maximum Gasteiger partial charge on any atom is 0.318 e. The summed E-state index contributed by atoms with van der Waals surface area (Å²) in [4.78, 5) is 51.0. The van der Waals surface area contributed by atoms with Gasteiger partial charge in [-0.3, -0.25) is 19.2 Å². The van der Waals surface area contributed by atoms with Gasteiger partial charge in [-0.2, -0.15) is 0 Å². The number of carbonyl (C=O) groups is 4. The van der Waals surface area contributed by atoms with Crippen LogP contribution in [-0.2, 0) is 42.9 Å². The summed E-state index contributed by atoms with van der Waals surface area (Å²) in [5.74, 6) is -4.39. The number of epoxide rings is 1. The molecule has 0 radical (unpaired) electrons. The number of esters is 4. The van der Waals surface area contributed by atoms with Crippen LogP contribution in [0.4, 0.5) is 0 Å². The lowest BCUT2D eigenvalue weighted by Gasteiger charge is -2.66. The first kappa shape index (κ1) is 24.5. The third-order valence-corrected chi connectivity index (χ3v) is 10.0. The fourth-order valence-electron chi connectivity index (χ4n) is 8.35. The lowest BCUT2D eigenvalue weighted by Crippen LogP contribution is -2.72. The number of hydrogen-bond acceptors (Lipinski definition) is 10. The minimum absolute atomic E-state index is 0.0303. The van der Waals surface area contributed by atoms with Crippen molar-refractivity contribution in [3.05, 3.63) is 0 Å². The summed E-state index contributed by atoms with van der Waals surface area (Å²) in [7, 11) is 1.25. The predicted molar refractivity (Wildman–Crippen MR) is 116 cm³/mol. The van der Waals surface area contributed by atoms with E-state index in [4.69, 9.17) is 23.7 Å². The molecule has 0 bridgehead atoms. The SMILES string of the molecule is COC(=O)[C@H]1[C@@H]2[C@@H](OC(C)=O)C[C@@]3(O)C(C)(C)CC[C@H](OC(C)=O)[C@]3(C)[C@H]2C[C@]12C(=O)O[C@@H]1O[C@@H]12. The van der Waals surface area contributed by atoms with Crippen LogP contribution in [0.25, 0.3) is 0 Å². The monoisotopic (exact) mass is 494 g/mol. The largest absolute Gasteiger partial charge is 0.469 e. The molecule has 5 rings (SSSR count). The van der Waals surface area contributed by atoms with E-state index in [1.54, 1.807) is 0 Å². The fourth-order valence-corrected chi connectivity index (χ4v) is 8.35. The van der Waals surface area contributed by atoms with Gasteiger partial charge >= 0.3 is 23.9 Å². The van der Waals surface area contributed by atoms with Gasteiger partial charge in [-0.15, -0.1) is 0 Å². The van der Waals surface area contributed by atoms with E-state index in [0.29, 0.717) is 12.8 Å². The van der Waals surface area contributed by atoms with Gasteiger partial charge in [0.2, 0.25) is 6.29 Å². The predicted octanol–water partition coefficient (Wildman–Crippen LogP) is 1.50. The van der Waals surface area contributed by atoms with Crippen LogP contribution in [0.15, 0.2) is 0 Å². The van der Waals surface area contributed by atoms with Crippen LogP contribution in [0.3, 0.4) is 0 Å². The molecule has 35 heavy (non-hydrogen) atoms. The van der Waals surface area contributed by atoms with Crippen molar-refractivity contribution < 1.29 is 48.0 Å². The standard InChI is InChI=1S/C25H34O10/c1-11(26)32-14-10-25(30)22(3,4)8-7-15(33-12(2)27)23(25,5)13-9-24(17(16(13)14)19(28)31-6)18-20(34-18)35-21(24)29/h13-18,20,30H,7-10H2,1-6H3/t13-,14-,15-,16-,17+,18-,20-,23-,24-,25+/m0/s1. The highest BCUT2D eigenvalue weighted by atomic mass is 16.8. The summed E-state index contributed by atoms with van der Waals surface area (Å²) in [6, 6.07) is 0. The zero-order chi connectivity index (χ0) is 25.7. The van der Waals surface area contributed by atoms with Crippen molar-refractivity contribution in [2.45, 2.75) is 90.5 Å². The van der Waals surface area contributed by atoms with Crippen molar-refractivity contribution >= 4 is 23.9 Å². The summed E-state index contributed by atoms with van der Waals surface area (Å²) in [6.45, 7) is 8.39. The summed E-state index contributed by atoms with van der Waals surface area (Å²) < 4.78 is 27.8. The number of methoxy groups -OCH3 is 1. The molecule has 194 valence electrons. The van der Waals surface area contributed by atoms with Crippen LogP contribution in [0, 0.1) is 34.0 Å². The fraction of sp³-hybridized carbons (Fsp3) is 0.840. The van der Waals surface area contributed by atoms with Gasteiger partial charge in [0.1, 0.15) is 23.7 Å². The highest BCUT2D eigenvalue weighted by molar-refractivity contribution is 5.90. The highest BCUT2D eigenvalue weighted by Crippen LogP contribution is 2.74. The van der Waals surface area contributed by atoms with E-state index in [2.05, 4.69) is 0 Å². The van der Waals surface area contributed by atoms with E-state index >= 15 is 0 Å². The Balaban J connectivity index is 1.72. The van der Waals surface area contributed by atoms with Crippen LogP contribution >= 0.6 is 0 Å². The molecule has 2 heterocycles. The molecule has 0 aromatic heterocycles. The molecule has 0 aromatic carbocycles. The highest BCUT2D eigenvalue weighted by Gasteiger charge is 2.83. The molecule has 10 nitrogen and oxygen atoms in total. The lowest BCUT2D eigenvalue weighted by atomic mass is 9.42. The minimum Gasteiger partial charge on any atom is -0.469 e. The average Bonchev–Trinajstić information content (AvgIpc) is 3.34. The zero-order valence-electron chi connectivity index (χ0n) is 21.0. The molecule has 5 aliphatic rings. The first-order valence-corrected chi connectivity index (χ1v) is 12.3.